The van der Waals surface area contributed by atoms with Crippen LogP contribution in [0.3, 0.4) is 0 Å². The molecule has 0 radical (unpaired) electrons. The first-order valence-corrected chi connectivity index (χ1v) is 7.19. The topological polar surface area (TPSA) is 55.1 Å². The van der Waals surface area contributed by atoms with Crippen LogP contribution in [-0.2, 0) is 7.05 Å². The quantitative estimate of drug-likeness (QED) is 0.593. The van der Waals surface area contributed by atoms with Gasteiger partial charge in [0.2, 0.25) is 5.13 Å². The molecule has 0 amide bonds. The number of aromatic nitrogens is 3. The predicted molar refractivity (Wildman–Crippen MR) is 81.9 cm³/mol. The van der Waals surface area contributed by atoms with E-state index in [-0.39, 0.29) is 5.56 Å². The van der Waals surface area contributed by atoms with Crippen molar-refractivity contribution in [3.8, 4) is 11.3 Å². The van der Waals surface area contributed by atoms with Crippen molar-refractivity contribution in [2.45, 2.75) is 0 Å². The molecule has 1 aromatic carbocycles. The Labute approximate surface area is 129 Å². The average Bonchev–Trinajstić information content (AvgIpc) is 3.09. The van der Waals surface area contributed by atoms with Gasteiger partial charge >= 0.3 is 0 Å². The van der Waals surface area contributed by atoms with Gasteiger partial charge in [-0.25, -0.2) is 18.7 Å². The highest BCUT2D eigenvalue weighted by molar-refractivity contribution is 7.14. The van der Waals surface area contributed by atoms with Gasteiger partial charge in [0.25, 0.3) is 0 Å². The van der Waals surface area contributed by atoms with Gasteiger partial charge in [0.1, 0.15) is 11.6 Å². The van der Waals surface area contributed by atoms with E-state index in [0.717, 1.165) is 6.07 Å². The van der Waals surface area contributed by atoms with Crippen LogP contribution in [0.25, 0.3) is 11.3 Å². The van der Waals surface area contributed by atoms with Gasteiger partial charge in [-0.2, -0.15) is 5.10 Å². The smallest absolute Gasteiger partial charge is 0.203 e. The second-order valence-corrected chi connectivity index (χ2v) is 5.29. The molecule has 0 aliphatic carbocycles. The number of hydrogen-bond acceptors (Lipinski definition) is 5. The fraction of sp³-hybridized carbons (Fsp3) is 0.0714. The van der Waals surface area contributed by atoms with Gasteiger partial charge in [-0.05, 0) is 12.1 Å². The van der Waals surface area contributed by atoms with Gasteiger partial charge < -0.3 is 4.57 Å². The average molecular weight is 319 g/mol. The van der Waals surface area contributed by atoms with Gasteiger partial charge in [0.05, 0.1) is 11.9 Å². The number of thiazole rings is 1. The van der Waals surface area contributed by atoms with Crippen molar-refractivity contribution >= 4 is 22.7 Å². The van der Waals surface area contributed by atoms with E-state index in [2.05, 4.69) is 20.5 Å². The monoisotopic (exact) mass is 319 g/mol. The zero-order valence-corrected chi connectivity index (χ0v) is 12.3. The molecule has 0 aliphatic rings. The molecule has 0 fully saturated rings. The van der Waals surface area contributed by atoms with Crippen LogP contribution in [0.2, 0.25) is 0 Å². The molecule has 0 spiro atoms. The first-order chi connectivity index (χ1) is 10.6. The number of nitrogens with one attached hydrogen (secondary N) is 1. The number of rotatable bonds is 4. The Kier molecular flexibility index (Phi) is 3.92. The van der Waals surface area contributed by atoms with Crippen LogP contribution in [0.1, 0.15) is 5.82 Å². The van der Waals surface area contributed by atoms with Crippen LogP contribution in [0.4, 0.5) is 13.9 Å². The maximum absolute atomic E-state index is 13.7. The lowest BCUT2D eigenvalue weighted by Crippen LogP contribution is -1.97. The van der Waals surface area contributed by atoms with Crippen molar-refractivity contribution in [3.63, 3.8) is 0 Å². The standard InChI is InChI=1S/C14H11F2N5S/c1-21-5-4-17-13(21)7-18-20-14-19-12(8-22-14)10-3-2-9(15)6-11(10)16/h2-8H,1H3,(H,19,20). The normalized spacial score (nSPS) is 11.2. The summed E-state index contributed by atoms with van der Waals surface area (Å²) in [7, 11) is 1.85. The summed E-state index contributed by atoms with van der Waals surface area (Å²) in [4.78, 5) is 8.31. The van der Waals surface area contributed by atoms with E-state index in [9.17, 15) is 8.78 Å². The summed E-state index contributed by atoms with van der Waals surface area (Å²) in [5.41, 5.74) is 3.43. The minimum absolute atomic E-state index is 0.249. The molecule has 22 heavy (non-hydrogen) atoms. The Hall–Kier alpha value is -2.61. The molecule has 112 valence electrons. The summed E-state index contributed by atoms with van der Waals surface area (Å²) >= 11 is 1.28. The highest BCUT2D eigenvalue weighted by Gasteiger charge is 2.10. The molecular weight excluding hydrogens is 308 g/mol. The molecule has 0 aliphatic heterocycles. The van der Waals surface area contributed by atoms with E-state index in [1.165, 1.54) is 23.5 Å². The second-order valence-electron chi connectivity index (χ2n) is 4.43. The lowest BCUT2D eigenvalue weighted by atomic mass is 10.1. The molecule has 0 atom stereocenters. The highest BCUT2D eigenvalue weighted by atomic mass is 32.1. The van der Waals surface area contributed by atoms with E-state index in [0.29, 0.717) is 16.6 Å². The summed E-state index contributed by atoms with van der Waals surface area (Å²) in [5.74, 6) is -0.572. The van der Waals surface area contributed by atoms with Crippen molar-refractivity contribution in [2.24, 2.45) is 12.1 Å². The van der Waals surface area contributed by atoms with Crippen LogP contribution >= 0.6 is 11.3 Å². The van der Waals surface area contributed by atoms with Crippen LogP contribution in [0, 0.1) is 11.6 Å². The molecule has 5 nitrogen and oxygen atoms in total. The summed E-state index contributed by atoms with van der Waals surface area (Å²) in [6.07, 6.45) is 5.03. The Morgan fingerprint density at radius 3 is 2.95 bits per heavy atom. The number of halogens is 2. The van der Waals surface area contributed by atoms with Crippen molar-refractivity contribution in [1.82, 2.24) is 14.5 Å². The fourth-order valence-electron chi connectivity index (χ4n) is 1.79. The summed E-state index contributed by atoms with van der Waals surface area (Å²) in [5, 5.41) is 6.20. The molecule has 2 heterocycles. The SMILES string of the molecule is Cn1ccnc1C=NNc1nc(-c2ccc(F)cc2F)cs1. The highest BCUT2D eigenvalue weighted by Crippen LogP contribution is 2.27. The Morgan fingerprint density at radius 2 is 2.23 bits per heavy atom. The summed E-state index contributed by atoms with van der Waals surface area (Å²) in [6.45, 7) is 0. The van der Waals surface area contributed by atoms with Gasteiger partial charge in [-0.1, -0.05) is 0 Å². The molecule has 3 rings (SSSR count). The van der Waals surface area contributed by atoms with Gasteiger partial charge in [0.15, 0.2) is 5.82 Å². The van der Waals surface area contributed by atoms with Crippen LogP contribution in [0.5, 0.6) is 0 Å². The van der Waals surface area contributed by atoms with Crippen molar-refractivity contribution in [1.29, 1.82) is 0 Å². The number of imidazole rings is 1. The van der Waals surface area contributed by atoms with Crippen molar-refractivity contribution in [3.05, 3.63) is 53.4 Å². The number of nitrogens with zero attached hydrogens (tertiary/aromatic N) is 4. The molecule has 3 aromatic rings. The fourth-order valence-corrected chi connectivity index (χ4v) is 2.45. The number of aryl methyl sites for hydroxylation is 1. The molecule has 2 aromatic heterocycles. The minimum atomic E-state index is -0.645. The van der Waals surface area contributed by atoms with Crippen LogP contribution in [0.15, 0.2) is 41.1 Å². The Morgan fingerprint density at radius 1 is 1.36 bits per heavy atom. The van der Waals surface area contributed by atoms with Crippen molar-refractivity contribution < 1.29 is 8.78 Å². The largest absolute Gasteiger partial charge is 0.333 e. The molecule has 0 saturated carbocycles. The minimum Gasteiger partial charge on any atom is -0.333 e. The summed E-state index contributed by atoms with van der Waals surface area (Å²) in [6, 6.07) is 3.39. The maximum atomic E-state index is 13.7. The number of benzene rings is 1. The van der Waals surface area contributed by atoms with E-state index in [1.54, 1.807) is 24.0 Å². The molecular formula is C14H11F2N5S. The number of hydrazone groups is 1. The lowest BCUT2D eigenvalue weighted by molar-refractivity contribution is 0.585. The zero-order chi connectivity index (χ0) is 15.5. The zero-order valence-electron chi connectivity index (χ0n) is 11.5. The first kappa shape index (κ1) is 14.3. The lowest BCUT2D eigenvalue weighted by Gasteiger charge is -1.99. The predicted octanol–water partition coefficient (Wildman–Crippen LogP) is 3.27. The number of anilines is 1. The third-order valence-corrected chi connectivity index (χ3v) is 3.66. The van der Waals surface area contributed by atoms with E-state index in [4.69, 9.17) is 0 Å². The molecule has 8 heteroatoms. The molecule has 0 saturated heterocycles. The summed E-state index contributed by atoms with van der Waals surface area (Å²) < 4.78 is 28.4. The third kappa shape index (κ3) is 3.01. The van der Waals surface area contributed by atoms with Gasteiger partial charge in [-0.3, -0.25) is 5.43 Å². The molecule has 0 bridgehead atoms. The number of hydrogen-bond donors (Lipinski definition) is 1. The first-order valence-electron chi connectivity index (χ1n) is 6.31. The van der Waals surface area contributed by atoms with E-state index < -0.39 is 11.6 Å². The van der Waals surface area contributed by atoms with Gasteiger partial charge in [-0.15, -0.1) is 11.3 Å². The molecule has 0 unspecified atom stereocenters. The Balaban J connectivity index is 1.74. The molecule has 1 N–H and O–H groups in total. The van der Waals surface area contributed by atoms with E-state index >= 15 is 0 Å². The van der Waals surface area contributed by atoms with E-state index in [1.807, 2.05) is 11.6 Å². The Bertz CT molecular complexity index is 824. The van der Waals surface area contributed by atoms with Crippen molar-refractivity contribution in [2.75, 3.05) is 5.43 Å². The van der Waals surface area contributed by atoms with Crippen LogP contribution < -0.4 is 5.43 Å². The second kappa shape index (κ2) is 6.02. The van der Waals surface area contributed by atoms with Gasteiger partial charge in [0, 0.05) is 36.5 Å². The van der Waals surface area contributed by atoms with Crippen LogP contribution in [-0.4, -0.2) is 20.7 Å². The third-order valence-electron chi connectivity index (χ3n) is 2.91. The maximum Gasteiger partial charge on any atom is 0.203 e.